The normalized spacial score (nSPS) is 11.6. The minimum absolute atomic E-state index is 0. The average Bonchev–Trinajstić information content (AvgIpc) is 2.43. The second-order valence-corrected chi connectivity index (χ2v) is 6.04. The van der Waals surface area contributed by atoms with E-state index in [0.29, 0.717) is 12.8 Å². The third kappa shape index (κ3) is 15.1. The number of esters is 2. The first-order valence-corrected chi connectivity index (χ1v) is 9.00. The van der Waals surface area contributed by atoms with Crippen LogP contribution in [0.4, 0.5) is 0 Å². The molecule has 0 aromatic heterocycles. The molecule has 0 aliphatic carbocycles. The van der Waals surface area contributed by atoms with Crippen LogP contribution in [0.25, 0.3) is 0 Å². The van der Waals surface area contributed by atoms with Gasteiger partial charge in [0.05, 0.1) is 0 Å². The molecule has 6 heteroatoms. The molecule has 21 heavy (non-hydrogen) atoms. The Kier molecular flexibility index (Phi) is 19.0. The summed E-state index contributed by atoms with van der Waals surface area (Å²) in [6.07, 6.45) is 10.8. The zero-order valence-corrected chi connectivity index (χ0v) is 13.7. The molecule has 0 aliphatic rings. The Hall–Kier alpha value is 0.450. The van der Waals surface area contributed by atoms with Crippen LogP contribution in [0.5, 0.6) is 0 Å². The van der Waals surface area contributed by atoms with E-state index in [-0.39, 0.29) is 29.6 Å². The SMILES string of the molecule is CCCCCCCCCC(=O)OC(=O)[C@@H](N)CCSC.[NaH]. The van der Waals surface area contributed by atoms with Crippen molar-refractivity contribution in [3.63, 3.8) is 0 Å². The van der Waals surface area contributed by atoms with E-state index in [1.54, 1.807) is 11.8 Å². The zero-order chi connectivity index (χ0) is 15.2. The summed E-state index contributed by atoms with van der Waals surface area (Å²) >= 11 is 1.62. The predicted molar refractivity (Wildman–Crippen MR) is 91.8 cm³/mol. The van der Waals surface area contributed by atoms with Crippen molar-refractivity contribution in [3.05, 3.63) is 0 Å². The molecule has 0 spiro atoms. The molecule has 0 aromatic rings. The molecule has 0 heterocycles. The molecule has 0 aromatic carbocycles. The van der Waals surface area contributed by atoms with E-state index < -0.39 is 18.0 Å². The standard InChI is InChI=1S/C15H29NO3S.Na.H/c1-3-4-5-6-7-8-9-10-14(17)19-15(18)13(16)11-12-20-2;;/h13H,3-12,16H2,1-2H3;;/t13-;;/m0../s1. The van der Waals surface area contributed by atoms with Gasteiger partial charge in [0, 0.05) is 6.42 Å². The molecule has 2 N–H and O–H groups in total. The Morgan fingerprint density at radius 3 is 2.24 bits per heavy atom. The Labute approximate surface area is 155 Å². The van der Waals surface area contributed by atoms with Gasteiger partial charge < -0.3 is 10.5 Å². The third-order valence-electron chi connectivity index (χ3n) is 3.13. The van der Waals surface area contributed by atoms with E-state index in [9.17, 15) is 9.59 Å². The van der Waals surface area contributed by atoms with Crippen LogP contribution in [-0.2, 0) is 14.3 Å². The quantitative estimate of drug-likeness (QED) is 0.258. The molecular weight excluding hydrogens is 297 g/mol. The van der Waals surface area contributed by atoms with Crippen molar-refractivity contribution < 1.29 is 14.3 Å². The van der Waals surface area contributed by atoms with Crippen molar-refractivity contribution in [2.24, 2.45) is 5.73 Å². The average molecular weight is 327 g/mol. The van der Waals surface area contributed by atoms with Gasteiger partial charge in [-0.3, -0.25) is 4.79 Å². The van der Waals surface area contributed by atoms with Crippen molar-refractivity contribution in [1.82, 2.24) is 0 Å². The molecule has 0 saturated heterocycles. The van der Waals surface area contributed by atoms with Crippen LogP contribution in [0, 0.1) is 0 Å². The molecule has 0 amide bonds. The van der Waals surface area contributed by atoms with Gasteiger partial charge in [-0.25, -0.2) is 4.79 Å². The van der Waals surface area contributed by atoms with Crippen molar-refractivity contribution in [2.75, 3.05) is 12.0 Å². The summed E-state index contributed by atoms with van der Waals surface area (Å²) < 4.78 is 4.74. The van der Waals surface area contributed by atoms with E-state index in [1.165, 1.54) is 25.7 Å². The number of ether oxygens (including phenoxy) is 1. The van der Waals surface area contributed by atoms with Crippen molar-refractivity contribution in [3.8, 4) is 0 Å². The maximum atomic E-state index is 11.5. The number of unbranched alkanes of at least 4 members (excludes halogenated alkanes) is 6. The number of hydrogen-bond donors (Lipinski definition) is 1. The van der Waals surface area contributed by atoms with E-state index in [2.05, 4.69) is 6.92 Å². The van der Waals surface area contributed by atoms with Crippen LogP contribution in [0.2, 0.25) is 0 Å². The van der Waals surface area contributed by atoms with Crippen molar-refractivity contribution in [1.29, 1.82) is 0 Å². The summed E-state index contributed by atoms with van der Waals surface area (Å²) in [7, 11) is 0. The van der Waals surface area contributed by atoms with Gasteiger partial charge in [-0.2, -0.15) is 11.8 Å². The second-order valence-electron chi connectivity index (χ2n) is 5.05. The topological polar surface area (TPSA) is 69.4 Å². The molecule has 120 valence electrons. The molecule has 0 fully saturated rings. The van der Waals surface area contributed by atoms with Crippen molar-refractivity contribution >= 4 is 53.3 Å². The second kappa shape index (κ2) is 16.8. The van der Waals surface area contributed by atoms with Crippen LogP contribution < -0.4 is 5.73 Å². The Morgan fingerprint density at radius 1 is 1.10 bits per heavy atom. The molecule has 0 bridgehead atoms. The number of carbonyl (C=O) groups excluding carboxylic acids is 2. The number of hydrogen-bond acceptors (Lipinski definition) is 5. The van der Waals surface area contributed by atoms with Crippen molar-refractivity contribution in [2.45, 2.75) is 70.8 Å². The Morgan fingerprint density at radius 2 is 1.67 bits per heavy atom. The zero-order valence-electron chi connectivity index (χ0n) is 12.9. The molecular formula is C15H30NNaO3S. The van der Waals surface area contributed by atoms with Gasteiger partial charge in [-0.05, 0) is 24.9 Å². The van der Waals surface area contributed by atoms with E-state index in [1.807, 2.05) is 6.26 Å². The fourth-order valence-corrected chi connectivity index (χ4v) is 2.32. The van der Waals surface area contributed by atoms with E-state index in [4.69, 9.17) is 10.5 Å². The van der Waals surface area contributed by atoms with Gasteiger partial charge >= 0.3 is 41.5 Å². The van der Waals surface area contributed by atoms with Gasteiger partial charge in [0.2, 0.25) is 0 Å². The maximum absolute atomic E-state index is 11.5. The summed E-state index contributed by atoms with van der Waals surface area (Å²) in [6, 6.07) is -0.680. The van der Waals surface area contributed by atoms with Gasteiger partial charge in [0.15, 0.2) is 0 Å². The summed E-state index contributed by atoms with van der Waals surface area (Å²) in [6.45, 7) is 2.19. The Balaban J connectivity index is 0. The third-order valence-corrected chi connectivity index (χ3v) is 3.78. The van der Waals surface area contributed by atoms with Crippen LogP contribution in [0.15, 0.2) is 0 Å². The summed E-state index contributed by atoms with van der Waals surface area (Å²) in [5.74, 6) is -0.238. The molecule has 0 aliphatic heterocycles. The monoisotopic (exact) mass is 327 g/mol. The summed E-state index contributed by atoms with van der Waals surface area (Å²) in [5, 5.41) is 0. The summed E-state index contributed by atoms with van der Waals surface area (Å²) in [5.41, 5.74) is 5.63. The minimum atomic E-state index is -0.680. The van der Waals surface area contributed by atoms with Gasteiger partial charge in [-0.1, -0.05) is 45.4 Å². The number of carbonyl (C=O) groups is 2. The predicted octanol–water partition coefficient (Wildman–Crippen LogP) is 2.63. The van der Waals surface area contributed by atoms with Gasteiger partial charge in [0.1, 0.15) is 6.04 Å². The van der Waals surface area contributed by atoms with E-state index in [0.717, 1.165) is 25.0 Å². The van der Waals surface area contributed by atoms with Crippen LogP contribution >= 0.6 is 11.8 Å². The molecule has 0 rings (SSSR count). The van der Waals surface area contributed by atoms with Gasteiger partial charge in [0.25, 0.3) is 0 Å². The number of rotatable bonds is 12. The summed E-state index contributed by atoms with van der Waals surface area (Å²) in [4.78, 5) is 23.0. The molecule has 0 radical (unpaired) electrons. The van der Waals surface area contributed by atoms with Crippen LogP contribution in [0.1, 0.15) is 64.7 Å². The van der Waals surface area contributed by atoms with E-state index >= 15 is 0 Å². The van der Waals surface area contributed by atoms with Crippen LogP contribution in [-0.4, -0.2) is 59.5 Å². The Bertz CT molecular complexity index is 278. The van der Waals surface area contributed by atoms with Crippen LogP contribution in [0.3, 0.4) is 0 Å². The van der Waals surface area contributed by atoms with Gasteiger partial charge in [-0.15, -0.1) is 0 Å². The fourth-order valence-electron chi connectivity index (χ4n) is 1.83. The molecule has 1 atom stereocenters. The number of thioether (sulfide) groups is 1. The first-order chi connectivity index (χ1) is 9.61. The molecule has 0 saturated carbocycles. The molecule has 4 nitrogen and oxygen atoms in total. The first kappa shape index (κ1) is 23.7. The first-order valence-electron chi connectivity index (χ1n) is 7.60. The number of nitrogens with two attached hydrogens (primary N) is 1. The fraction of sp³-hybridized carbons (Fsp3) is 0.867. The molecule has 0 unspecified atom stereocenters.